The van der Waals surface area contributed by atoms with Gasteiger partial charge in [0, 0.05) is 25.2 Å². The number of aliphatic hydroxyl groups excluding tert-OH is 1. The molecule has 8 atom stereocenters. The third-order valence-corrected chi connectivity index (χ3v) is 9.49. The molecule has 162 valence electrons. The molecule has 4 fully saturated rings. The predicted molar refractivity (Wildman–Crippen MR) is 108 cm³/mol. The van der Waals surface area contributed by atoms with Gasteiger partial charge in [0.15, 0.2) is 0 Å². The number of hydrogen-bond acceptors (Lipinski definition) is 5. The minimum Gasteiger partial charge on any atom is -0.465 e. The van der Waals surface area contributed by atoms with E-state index in [0.29, 0.717) is 23.7 Å². The molecule has 29 heavy (non-hydrogen) atoms. The van der Waals surface area contributed by atoms with Crippen LogP contribution in [-0.2, 0) is 19.1 Å². The van der Waals surface area contributed by atoms with Crippen LogP contribution in [0, 0.1) is 40.4 Å². The summed E-state index contributed by atoms with van der Waals surface area (Å²) in [5.41, 5.74) is 0.0710. The summed E-state index contributed by atoms with van der Waals surface area (Å²) < 4.78 is 4.90. The second-order valence-electron chi connectivity index (χ2n) is 10.8. The van der Waals surface area contributed by atoms with Gasteiger partial charge in [0.25, 0.3) is 0 Å². The highest BCUT2D eigenvalue weighted by molar-refractivity contribution is 6.04. The summed E-state index contributed by atoms with van der Waals surface area (Å²) in [5, 5.41) is 11.5. The van der Waals surface area contributed by atoms with Gasteiger partial charge in [-0.05, 0) is 67.6 Å². The van der Waals surface area contributed by atoms with Crippen molar-refractivity contribution >= 4 is 17.5 Å². The molecule has 4 saturated carbocycles. The van der Waals surface area contributed by atoms with E-state index in [2.05, 4.69) is 13.8 Å². The molecule has 4 aliphatic rings. The smallest absolute Gasteiger partial charge is 0.302 e. The van der Waals surface area contributed by atoms with Crippen LogP contribution in [0.2, 0.25) is 0 Å². The Morgan fingerprint density at radius 2 is 1.86 bits per heavy atom. The topological polar surface area (TPSA) is 80.7 Å². The molecule has 0 spiro atoms. The fourth-order valence-electron chi connectivity index (χ4n) is 7.96. The zero-order valence-electron chi connectivity index (χ0n) is 18.1. The largest absolute Gasteiger partial charge is 0.465 e. The first-order chi connectivity index (χ1) is 13.7. The third kappa shape index (κ3) is 3.28. The summed E-state index contributed by atoms with van der Waals surface area (Å²) in [6.07, 6.45) is 7.86. The first kappa shape index (κ1) is 21.0. The number of fused-ring (bicyclic) bond motifs is 5. The van der Waals surface area contributed by atoms with Crippen LogP contribution < -0.4 is 0 Å². The van der Waals surface area contributed by atoms with E-state index in [1.165, 1.54) is 32.6 Å². The molecule has 0 bridgehead atoms. The lowest BCUT2D eigenvalue weighted by Gasteiger charge is -2.61. The lowest BCUT2D eigenvalue weighted by Crippen LogP contribution is -2.62. The lowest BCUT2D eigenvalue weighted by molar-refractivity contribution is -0.185. The molecule has 0 aromatic heterocycles. The number of Topliss-reactive ketones (excluding diaryl/α,β-unsaturated/α-hetero) is 2. The summed E-state index contributed by atoms with van der Waals surface area (Å²) in [6.45, 7) is 5.91. The average Bonchev–Trinajstić information content (AvgIpc) is 3.05. The fraction of sp³-hybridized carbons (Fsp3) is 0.875. The first-order valence-electron chi connectivity index (χ1n) is 11.6. The van der Waals surface area contributed by atoms with Crippen LogP contribution in [0.4, 0.5) is 0 Å². The molecule has 5 nitrogen and oxygen atoms in total. The van der Waals surface area contributed by atoms with E-state index in [-0.39, 0.29) is 35.9 Å². The lowest BCUT2D eigenvalue weighted by atomic mass is 9.43. The van der Waals surface area contributed by atoms with Crippen molar-refractivity contribution in [3.8, 4) is 0 Å². The maximum Gasteiger partial charge on any atom is 0.302 e. The Morgan fingerprint density at radius 1 is 1.10 bits per heavy atom. The Bertz CT molecular complexity index is 701. The van der Waals surface area contributed by atoms with E-state index in [1.54, 1.807) is 0 Å². The highest BCUT2D eigenvalue weighted by Gasteiger charge is 2.63. The van der Waals surface area contributed by atoms with Gasteiger partial charge < -0.3 is 9.84 Å². The van der Waals surface area contributed by atoms with Crippen LogP contribution in [-0.4, -0.2) is 35.4 Å². The van der Waals surface area contributed by atoms with Crippen LogP contribution in [0.1, 0.15) is 78.6 Å². The van der Waals surface area contributed by atoms with E-state index in [4.69, 9.17) is 4.74 Å². The van der Waals surface area contributed by atoms with E-state index >= 15 is 0 Å². The zero-order valence-corrected chi connectivity index (χ0v) is 18.1. The minimum absolute atomic E-state index is 0.00256. The molecule has 5 heteroatoms. The molecule has 4 rings (SSSR count). The number of carbonyl (C=O) groups excluding carboxylic acids is 3. The highest BCUT2D eigenvalue weighted by Crippen LogP contribution is 2.66. The number of esters is 1. The maximum atomic E-state index is 12.8. The molecule has 0 aromatic carbocycles. The third-order valence-electron chi connectivity index (χ3n) is 9.49. The van der Waals surface area contributed by atoms with Crippen LogP contribution in [0.3, 0.4) is 0 Å². The van der Waals surface area contributed by atoms with Gasteiger partial charge in [-0.3, -0.25) is 14.4 Å². The second-order valence-corrected chi connectivity index (χ2v) is 10.8. The van der Waals surface area contributed by atoms with Gasteiger partial charge in [-0.25, -0.2) is 0 Å². The Hall–Kier alpha value is -1.23. The summed E-state index contributed by atoms with van der Waals surface area (Å²) in [7, 11) is 0. The Balaban J connectivity index is 1.57. The van der Waals surface area contributed by atoms with E-state index in [1.807, 2.05) is 0 Å². The van der Waals surface area contributed by atoms with Crippen molar-refractivity contribution in [2.75, 3.05) is 6.61 Å². The SMILES string of the molecule is CC(=O)OCCC(=O)C1C(=O)CC2CC[C@@H]3[C@@H](CC[C@]4(C)CCC[C@@H]34)[C@@]2(C)C1O. The van der Waals surface area contributed by atoms with E-state index in [9.17, 15) is 19.5 Å². The Labute approximate surface area is 174 Å². The Kier molecular flexibility index (Phi) is 5.42. The van der Waals surface area contributed by atoms with Gasteiger partial charge in [-0.1, -0.05) is 20.3 Å². The van der Waals surface area contributed by atoms with Gasteiger partial charge in [0.2, 0.25) is 0 Å². The summed E-state index contributed by atoms with van der Waals surface area (Å²) in [6, 6.07) is 0. The molecule has 0 aromatic rings. The quantitative estimate of drug-likeness (QED) is 0.571. The number of hydrogen-bond donors (Lipinski definition) is 1. The van der Waals surface area contributed by atoms with Crippen LogP contribution in [0.25, 0.3) is 0 Å². The summed E-state index contributed by atoms with van der Waals surface area (Å²) in [4.78, 5) is 36.7. The maximum absolute atomic E-state index is 12.8. The van der Waals surface area contributed by atoms with Crippen molar-refractivity contribution in [2.45, 2.75) is 84.7 Å². The molecule has 1 N–H and O–H groups in total. The normalized spacial score (nSPS) is 46.4. The molecule has 0 heterocycles. The number of rotatable bonds is 4. The molecule has 4 aliphatic carbocycles. The predicted octanol–water partition coefficient (Wildman–Crippen LogP) is 3.71. The first-order valence-corrected chi connectivity index (χ1v) is 11.6. The second kappa shape index (κ2) is 7.47. The number of ether oxygens (including phenoxy) is 1. The standard InChI is InChI=1S/C24H36O5/c1-14(25)29-12-9-19(26)21-20(27)13-15-6-7-16-17-5-4-10-23(17,2)11-8-18(16)24(15,3)22(21)28/h15-18,21-22,28H,4-13H2,1-3H3/t15?,16-,17-,18+,21?,22?,23-,24-/m0/s1. The van der Waals surface area contributed by atoms with Crippen molar-refractivity contribution in [3.63, 3.8) is 0 Å². The summed E-state index contributed by atoms with van der Waals surface area (Å²) >= 11 is 0. The molecule has 0 aliphatic heterocycles. The van der Waals surface area contributed by atoms with Crippen molar-refractivity contribution in [1.29, 1.82) is 0 Å². The fourth-order valence-corrected chi connectivity index (χ4v) is 7.96. The van der Waals surface area contributed by atoms with Crippen molar-refractivity contribution < 1.29 is 24.2 Å². The van der Waals surface area contributed by atoms with Crippen LogP contribution in [0.15, 0.2) is 0 Å². The zero-order chi connectivity index (χ0) is 21.0. The van der Waals surface area contributed by atoms with Crippen LogP contribution in [0.5, 0.6) is 0 Å². The van der Waals surface area contributed by atoms with Gasteiger partial charge in [0.05, 0.1) is 12.7 Å². The molecule has 0 amide bonds. The van der Waals surface area contributed by atoms with Gasteiger partial charge >= 0.3 is 5.97 Å². The molecular weight excluding hydrogens is 368 g/mol. The van der Waals surface area contributed by atoms with Gasteiger partial charge in [0.1, 0.15) is 17.5 Å². The highest BCUT2D eigenvalue weighted by atomic mass is 16.5. The number of aliphatic hydroxyl groups is 1. The molecule has 0 saturated heterocycles. The van der Waals surface area contributed by atoms with E-state index < -0.39 is 18.0 Å². The molecule has 0 radical (unpaired) electrons. The number of carbonyl (C=O) groups is 3. The Morgan fingerprint density at radius 3 is 2.59 bits per heavy atom. The average molecular weight is 405 g/mol. The van der Waals surface area contributed by atoms with Crippen molar-refractivity contribution in [3.05, 3.63) is 0 Å². The molecular formula is C24H36O5. The van der Waals surface area contributed by atoms with Crippen LogP contribution >= 0.6 is 0 Å². The molecule has 3 unspecified atom stereocenters. The summed E-state index contributed by atoms with van der Waals surface area (Å²) in [5.74, 6) is 0.123. The van der Waals surface area contributed by atoms with Crippen molar-refractivity contribution in [1.82, 2.24) is 0 Å². The number of ketones is 2. The van der Waals surface area contributed by atoms with Gasteiger partial charge in [-0.2, -0.15) is 0 Å². The monoisotopic (exact) mass is 404 g/mol. The van der Waals surface area contributed by atoms with E-state index in [0.717, 1.165) is 25.2 Å². The van der Waals surface area contributed by atoms with Crippen molar-refractivity contribution in [2.24, 2.45) is 40.4 Å². The minimum atomic E-state index is -0.956. The van der Waals surface area contributed by atoms with Gasteiger partial charge in [-0.15, -0.1) is 0 Å².